The van der Waals surface area contributed by atoms with Gasteiger partial charge in [0.2, 0.25) is 5.89 Å². The molecule has 23 heavy (non-hydrogen) atoms. The molecule has 0 aliphatic carbocycles. The van der Waals surface area contributed by atoms with E-state index in [2.05, 4.69) is 48.6 Å². The third-order valence-electron chi connectivity index (χ3n) is 3.79. The second-order valence-corrected chi connectivity index (χ2v) is 8.62. The lowest BCUT2D eigenvalue weighted by atomic mass is 9.85. The number of rotatable bonds is 5. The molecule has 0 amide bonds. The Kier molecular flexibility index (Phi) is 4.71. The van der Waals surface area contributed by atoms with E-state index in [1.165, 1.54) is 4.88 Å². The van der Waals surface area contributed by atoms with Crippen molar-refractivity contribution in [2.75, 3.05) is 0 Å². The number of aryl methyl sites for hydroxylation is 1. The largest absolute Gasteiger partial charge is 0.440 e. The van der Waals surface area contributed by atoms with Gasteiger partial charge in [-0.2, -0.15) is 0 Å². The first-order valence-corrected chi connectivity index (χ1v) is 9.48. The van der Waals surface area contributed by atoms with Crippen molar-refractivity contribution in [1.82, 2.24) is 10.3 Å². The van der Waals surface area contributed by atoms with Gasteiger partial charge >= 0.3 is 0 Å². The molecule has 1 unspecified atom stereocenters. The maximum Gasteiger partial charge on any atom is 0.236 e. The molecule has 122 valence electrons. The minimum atomic E-state index is 0.138. The molecule has 0 bridgehead atoms. The topological polar surface area (TPSA) is 38.1 Å². The van der Waals surface area contributed by atoms with E-state index in [4.69, 9.17) is 4.42 Å². The Balaban J connectivity index is 1.77. The van der Waals surface area contributed by atoms with Crippen molar-refractivity contribution in [1.29, 1.82) is 0 Å². The molecular formula is C18H22N2OS2. The van der Waals surface area contributed by atoms with Crippen molar-refractivity contribution >= 4 is 22.7 Å². The SMILES string of the molecule is Cc1oc(-c2cccs2)nc1CNC(c1cccs1)C(C)(C)C. The van der Waals surface area contributed by atoms with Crippen molar-refractivity contribution < 1.29 is 4.42 Å². The Bertz CT molecular complexity index is 737. The van der Waals surface area contributed by atoms with Crippen LogP contribution in [0.4, 0.5) is 0 Å². The predicted molar refractivity (Wildman–Crippen MR) is 97.9 cm³/mol. The molecule has 0 fully saturated rings. The van der Waals surface area contributed by atoms with Gasteiger partial charge in [0.1, 0.15) is 5.76 Å². The van der Waals surface area contributed by atoms with Crippen LogP contribution in [0.25, 0.3) is 10.8 Å². The molecule has 3 aromatic heterocycles. The highest BCUT2D eigenvalue weighted by molar-refractivity contribution is 7.13. The van der Waals surface area contributed by atoms with Gasteiger partial charge in [-0.15, -0.1) is 22.7 Å². The van der Waals surface area contributed by atoms with Crippen molar-refractivity contribution in [2.24, 2.45) is 5.41 Å². The molecule has 3 heterocycles. The van der Waals surface area contributed by atoms with Crippen LogP contribution in [0.1, 0.15) is 43.1 Å². The molecule has 5 heteroatoms. The number of nitrogens with one attached hydrogen (secondary N) is 1. The normalized spacial score (nSPS) is 13.4. The van der Waals surface area contributed by atoms with E-state index in [0.717, 1.165) is 22.2 Å². The Morgan fingerprint density at radius 2 is 1.91 bits per heavy atom. The Morgan fingerprint density at radius 3 is 2.52 bits per heavy atom. The summed E-state index contributed by atoms with van der Waals surface area (Å²) in [6.07, 6.45) is 0. The van der Waals surface area contributed by atoms with Gasteiger partial charge in [-0.1, -0.05) is 32.9 Å². The summed E-state index contributed by atoms with van der Waals surface area (Å²) in [5, 5.41) is 7.84. The predicted octanol–water partition coefficient (Wildman–Crippen LogP) is 5.65. The zero-order valence-corrected chi connectivity index (χ0v) is 15.6. The molecule has 3 rings (SSSR count). The number of hydrogen-bond acceptors (Lipinski definition) is 5. The third-order valence-corrected chi connectivity index (χ3v) is 5.59. The van der Waals surface area contributed by atoms with Crippen LogP contribution in [0.2, 0.25) is 0 Å². The van der Waals surface area contributed by atoms with Crippen LogP contribution in [0.5, 0.6) is 0 Å². The summed E-state index contributed by atoms with van der Waals surface area (Å²) in [6, 6.07) is 8.65. The van der Waals surface area contributed by atoms with E-state index >= 15 is 0 Å². The van der Waals surface area contributed by atoms with E-state index < -0.39 is 0 Å². The number of hydrogen-bond donors (Lipinski definition) is 1. The van der Waals surface area contributed by atoms with Crippen molar-refractivity contribution in [2.45, 2.75) is 40.3 Å². The molecule has 0 saturated carbocycles. The highest BCUT2D eigenvalue weighted by Gasteiger charge is 2.27. The summed E-state index contributed by atoms with van der Waals surface area (Å²) in [6.45, 7) is 9.48. The maximum atomic E-state index is 5.83. The Morgan fingerprint density at radius 1 is 1.17 bits per heavy atom. The van der Waals surface area contributed by atoms with Crippen LogP contribution < -0.4 is 5.32 Å². The van der Waals surface area contributed by atoms with Gasteiger partial charge in [0.05, 0.1) is 10.6 Å². The number of thiophene rings is 2. The van der Waals surface area contributed by atoms with Crippen LogP contribution in [0.3, 0.4) is 0 Å². The van der Waals surface area contributed by atoms with Crippen molar-refractivity contribution in [3.05, 3.63) is 51.4 Å². The fourth-order valence-corrected chi connectivity index (χ4v) is 4.28. The fourth-order valence-electron chi connectivity index (χ4n) is 2.59. The minimum absolute atomic E-state index is 0.138. The van der Waals surface area contributed by atoms with E-state index in [-0.39, 0.29) is 5.41 Å². The lowest BCUT2D eigenvalue weighted by Gasteiger charge is -2.30. The lowest BCUT2D eigenvalue weighted by Crippen LogP contribution is -2.31. The quantitative estimate of drug-likeness (QED) is 0.648. The van der Waals surface area contributed by atoms with Crippen LogP contribution in [0, 0.1) is 12.3 Å². The highest BCUT2D eigenvalue weighted by atomic mass is 32.1. The summed E-state index contributed by atoms with van der Waals surface area (Å²) < 4.78 is 5.83. The third kappa shape index (κ3) is 3.74. The zero-order chi connectivity index (χ0) is 16.4. The summed E-state index contributed by atoms with van der Waals surface area (Å²) in [5.74, 6) is 1.61. The maximum absolute atomic E-state index is 5.83. The molecule has 1 atom stereocenters. The van der Waals surface area contributed by atoms with E-state index in [0.29, 0.717) is 12.6 Å². The van der Waals surface area contributed by atoms with Gasteiger partial charge in [0.25, 0.3) is 0 Å². The zero-order valence-electron chi connectivity index (χ0n) is 13.9. The van der Waals surface area contributed by atoms with Crippen molar-refractivity contribution in [3.63, 3.8) is 0 Å². The standard InChI is InChI=1S/C18H22N2OS2/c1-12-13(20-17(21-12)15-8-6-10-23-15)11-19-16(18(2,3)4)14-7-5-9-22-14/h5-10,16,19H,11H2,1-4H3. The molecule has 1 N–H and O–H groups in total. The highest BCUT2D eigenvalue weighted by Crippen LogP contribution is 2.35. The fraction of sp³-hybridized carbons (Fsp3) is 0.389. The summed E-state index contributed by atoms with van der Waals surface area (Å²) in [7, 11) is 0. The molecule has 0 aromatic carbocycles. The minimum Gasteiger partial charge on any atom is -0.440 e. The molecule has 0 radical (unpaired) electrons. The first-order chi connectivity index (χ1) is 10.9. The number of aromatic nitrogens is 1. The summed E-state index contributed by atoms with van der Waals surface area (Å²) in [5.41, 5.74) is 1.12. The average Bonchev–Trinajstić information content (AvgIpc) is 3.19. The van der Waals surface area contributed by atoms with Crippen molar-refractivity contribution in [3.8, 4) is 10.8 Å². The molecular weight excluding hydrogens is 324 g/mol. The second kappa shape index (κ2) is 6.59. The van der Waals surface area contributed by atoms with Gasteiger partial charge < -0.3 is 9.73 Å². The van der Waals surface area contributed by atoms with Crippen LogP contribution in [-0.4, -0.2) is 4.98 Å². The molecule has 0 spiro atoms. The van der Waals surface area contributed by atoms with Crippen LogP contribution in [0.15, 0.2) is 39.4 Å². The second-order valence-electron chi connectivity index (χ2n) is 6.69. The van der Waals surface area contributed by atoms with Gasteiger partial charge in [0, 0.05) is 17.5 Å². The number of oxazole rings is 1. The van der Waals surface area contributed by atoms with Gasteiger partial charge in [-0.25, -0.2) is 4.98 Å². The Hall–Kier alpha value is -1.43. The molecule has 0 saturated heterocycles. The van der Waals surface area contributed by atoms with E-state index in [1.54, 1.807) is 22.7 Å². The first-order valence-electron chi connectivity index (χ1n) is 7.72. The molecule has 0 aliphatic rings. The molecule has 0 aliphatic heterocycles. The van der Waals surface area contributed by atoms with Crippen LogP contribution >= 0.6 is 22.7 Å². The first kappa shape index (κ1) is 16.4. The smallest absolute Gasteiger partial charge is 0.236 e. The summed E-state index contributed by atoms with van der Waals surface area (Å²) in [4.78, 5) is 7.10. The Labute approximate surface area is 145 Å². The number of nitrogens with zero attached hydrogens (tertiary/aromatic N) is 1. The summed E-state index contributed by atoms with van der Waals surface area (Å²) >= 11 is 3.45. The van der Waals surface area contributed by atoms with E-state index in [9.17, 15) is 0 Å². The lowest BCUT2D eigenvalue weighted by molar-refractivity contribution is 0.274. The van der Waals surface area contributed by atoms with Gasteiger partial charge in [-0.3, -0.25) is 0 Å². The molecule has 3 aromatic rings. The van der Waals surface area contributed by atoms with Gasteiger partial charge in [-0.05, 0) is 35.2 Å². The van der Waals surface area contributed by atoms with E-state index in [1.807, 2.05) is 24.4 Å². The van der Waals surface area contributed by atoms with Gasteiger partial charge in [0.15, 0.2) is 0 Å². The van der Waals surface area contributed by atoms with Crippen LogP contribution in [-0.2, 0) is 6.54 Å². The molecule has 3 nitrogen and oxygen atoms in total. The monoisotopic (exact) mass is 346 g/mol. The average molecular weight is 347 g/mol.